The molecule has 3 aromatic rings. The molecular formula is C17H16F3N7O. The van der Waals surface area contributed by atoms with Crippen molar-refractivity contribution in [2.24, 2.45) is 0 Å². The summed E-state index contributed by atoms with van der Waals surface area (Å²) in [7, 11) is 1.34. The SMILES string of the molecule is CNc1nc(Nc2cnn(NC(=O)c3ccccc3)c2C)ncc1C(F)(F)F. The number of halogens is 3. The lowest BCUT2D eigenvalue weighted by Crippen LogP contribution is -2.24. The second-order valence-corrected chi connectivity index (χ2v) is 5.69. The fourth-order valence-corrected chi connectivity index (χ4v) is 2.36. The molecule has 0 unspecified atom stereocenters. The minimum absolute atomic E-state index is 0.0469. The summed E-state index contributed by atoms with van der Waals surface area (Å²) in [5, 5.41) is 9.25. The highest BCUT2D eigenvalue weighted by Gasteiger charge is 2.35. The van der Waals surface area contributed by atoms with E-state index in [0.29, 0.717) is 23.1 Å². The van der Waals surface area contributed by atoms with Crippen LogP contribution in [0, 0.1) is 6.92 Å². The lowest BCUT2D eigenvalue weighted by atomic mass is 10.2. The van der Waals surface area contributed by atoms with Crippen molar-refractivity contribution in [3.63, 3.8) is 0 Å². The zero-order chi connectivity index (χ0) is 20.3. The molecule has 8 nitrogen and oxygen atoms in total. The zero-order valence-corrected chi connectivity index (χ0v) is 14.9. The lowest BCUT2D eigenvalue weighted by molar-refractivity contribution is -0.137. The zero-order valence-electron chi connectivity index (χ0n) is 14.9. The van der Waals surface area contributed by atoms with Crippen LogP contribution < -0.4 is 16.1 Å². The molecule has 0 aliphatic heterocycles. The van der Waals surface area contributed by atoms with Gasteiger partial charge < -0.3 is 10.6 Å². The van der Waals surface area contributed by atoms with E-state index >= 15 is 0 Å². The second-order valence-electron chi connectivity index (χ2n) is 5.69. The van der Waals surface area contributed by atoms with Gasteiger partial charge in [0, 0.05) is 18.8 Å². The standard InChI is InChI=1S/C17H16F3N7O/c1-10-13(9-23-27(10)26-15(28)11-6-4-3-5-7-11)24-16-22-8-12(17(18,19)20)14(21-2)25-16/h3-9H,1-2H3,(H,26,28)(H2,21,22,24,25). The summed E-state index contributed by atoms with van der Waals surface area (Å²) in [6.07, 6.45) is -2.47. The Bertz CT molecular complexity index is 986. The van der Waals surface area contributed by atoms with E-state index in [2.05, 4.69) is 31.1 Å². The molecule has 0 fully saturated rings. The third-order valence-electron chi connectivity index (χ3n) is 3.83. The maximum atomic E-state index is 12.9. The van der Waals surface area contributed by atoms with Crippen LogP contribution >= 0.6 is 0 Å². The molecule has 2 heterocycles. The number of anilines is 3. The first kappa shape index (κ1) is 19.1. The van der Waals surface area contributed by atoms with Gasteiger partial charge in [0.15, 0.2) is 0 Å². The average molecular weight is 391 g/mol. The molecule has 1 amide bonds. The molecule has 3 N–H and O–H groups in total. The van der Waals surface area contributed by atoms with Gasteiger partial charge in [-0.25, -0.2) is 10.4 Å². The Hall–Kier alpha value is -3.63. The van der Waals surface area contributed by atoms with Crippen LogP contribution in [0.25, 0.3) is 0 Å². The van der Waals surface area contributed by atoms with Gasteiger partial charge in [0.05, 0.1) is 17.6 Å². The number of nitrogens with zero attached hydrogens (tertiary/aromatic N) is 4. The number of rotatable bonds is 5. The van der Waals surface area contributed by atoms with Crippen LogP contribution in [0.3, 0.4) is 0 Å². The van der Waals surface area contributed by atoms with Gasteiger partial charge in [0.2, 0.25) is 5.95 Å². The van der Waals surface area contributed by atoms with Crippen molar-refractivity contribution < 1.29 is 18.0 Å². The van der Waals surface area contributed by atoms with E-state index in [1.54, 1.807) is 37.3 Å². The predicted molar refractivity (Wildman–Crippen MR) is 97.0 cm³/mol. The van der Waals surface area contributed by atoms with Crippen molar-refractivity contribution in [1.82, 2.24) is 19.9 Å². The molecule has 11 heteroatoms. The molecule has 1 aromatic carbocycles. The van der Waals surface area contributed by atoms with Gasteiger partial charge in [-0.05, 0) is 19.1 Å². The van der Waals surface area contributed by atoms with Crippen molar-refractivity contribution in [3.05, 3.63) is 59.5 Å². The van der Waals surface area contributed by atoms with Gasteiger partial charge in [-0.15, -0.1) is 0 Å². The van der Waals surface area contributed by atoms with E-state index < -0.39 is 11.7 Å². The first-order chi connectivity index (χ1) is 13.3. The smallest absolute Gasteiger partial charge is 0.372 e. The number of carbonyl (C=O) groups excluding carboxylic acids is 1. The average Bonchev–Trinajstić information content (AvgIpc) is 3.01. The molecule has 2 aromatic heterocycles. The van der Waals surface area contributed by atoms with Crippen LogP contribution in [0.5, 0.6) is 0 Å². The van der Waals surface area contributed by atoms with Gasteiger partial charge in [0.1, 0.15) is 11.4 Å². The van der Waals surface area contributed by atoms with Crippen molar-refractivity contribution in [3.8, 4) is 0 Å². The maximum Gasteiger partial charge on any atom is 0.421 e. The number of benzene rings is 1. The third-order valence-corrected chi connectivity index (χ3v) is 3.83. The van der Waals surface area contributed by atoms with E-state index in [1.165, 1.54) is 18.0 Å². The van der Waals surface area contributed by atoms with Gasteiger partial charge in [-0.2, -0.15) is 28.0 Å². The number of hydrogen-bond acceptors (Lipinski definition) is 6. The summed E-state index contributed by atoms with van der Waals surface area (Å²) >= 11 is 0. The highest BCUT2D eigenvalue weighted by atomic mass is 19.4. The number of hydrogen-bond donors (Lipinski definition) is 3. The Balaban J connectivity index is 1.78. The summed E-state index contributed by atoms with van der Waals surface area (Å²) in [4.78, 5) is 21.0. The predicted octanol–water partition coefficient (Wildman–Crippen LogP) is 3.17. The Kier molecular flexibility index (Phi) is 5.16. The number of amides is 1. The summed E-state index contributed by atoms with van der Waals surface area (Å²) in [5.41, 5.74) is 3.03. The van der Waals surface area contributed by atoms with Crippen LogP contribution in [0.2, 0.25) is 0 Å². The van der Waals surface area contributed by atoms with Gasteiger partial charge >= 0.3 is 6.18 Å². The first-order valence-corrected chi connectivity index (χ1v) is 8.09. The molecule has 0 saturated carbocycles. The molecule has 0 atom stereocenters. The molecule has 0 bridgehead atoms. The number of alkyl halides is 3. The van der Waals surface area contributed by atoms with E-state index in [9.17, 15) is 18.0 Å². The minimum atomic E-state index is -4.57. The van der Waals surface area contributed by atoms with Gasteiger partial charge in [0.25, 0.3) is 5.91 Å². The van der Waals surface area contributed by atoms with Crippen LogP contribution in [0.15, 0.2) is 42.7 Å². The van der Waals surface area contributed by atoms with Crippen LogP contribution in [0.4, 0.5) is 30.6 Å². The Morgan fingerprint density at radius 2 is 1.86 bits per heavy atom. The second kappa shape index (κ2) is 7.55. The molecule has 0 spiro atoms. The third kappa shape index (κ3) is 4.03. The fourth-order valence-electron chi connectivity index (χ4n) is 2.36. The quantitative estimate of drug-likeness (QED) is 0.618. The molecule has 0 aliphatic rings. The molecule has 0 aliphatic carbocycles. The molecular weight excluding hydrogens is 375 g/mol. The molecule has 0 radical (unpaired) electrons. The Morgan fingerprint density at radius 3 is 2.50 bits per heavy atom. The van der Waals surface area contributed by atoms with E-state index in [4.69, 9.17) is 0 Å². The summed E-state index contributed by atoms with van der Waals surface area (Å²) in [5.74, 6) is -0.761. The van der Waals surface area contributed by atoms with Gasteiger partial charge in [-0.3, -0.25) is 4.79 Å². The molecule has 3 rings (SSSR count). The topological polar surface area (TPSA) is 96.8 Å². The summed E-state index contributed by atoms with van der Waals surface area (Å²) < 4.78 is 38.8. The van der Waals surface area contributed by atoms with E-state index in [-0.39, 0.29) is 17.7 Å². The van der Waals surface area contributed by atoms with Crippen molar-refractivity contribution in [2.75, 3.05) is 23.1 Å². The van der Waals surface area contributed by atoms with Crippen LogP contribution in [-0.4, -0.2) is 32.8 Å². The summed E-state index contributed by atoms with van der Waals surface area (Å²) in [6.45, 7) is 1.67. The van der Waals surface area contributed by atoms with Crippen LogP contribution in [-0.2, 0) is 6.18 Å². The number of nitrogens with one attached hydrogen (secondary N) is 3. The normalized spacial score (nSPS) is 11.2. The highest BCUT2D eigenvalue weighted by molar-refractivity contribution is 5.99. The van der Waals surface area contributed by atoms with Crippen molar-refractivity contribution in [1.29, 1.82) is 0 Å². The first-order valence-electron chi connectivity index (χ1n) is 8.09. The lowest BCUT2D eigenvalue weighted by Gasteiger charge is -2.12. The molecule has 0 saturated heterocycles. The Morgan fingerprint density at radius 1 is 1.14 bits per heavy atom. The summed E-state index contributed by atoms with van der Waals surface area (Å²) in [6, 6.07) is 8.57. The van der Waals surface area contributed by atoms with E-state index in [0.717, 1.165) is 0 Å². The largest absolute Gasteiger partial charge is 0.421 e. The molecule has 28 heavy (non-hydrogen) atoms. The maximum absolute atomic E-state index is 12.9. The van der Waals surface area contributed by atoms with Crippen molar-refractivity contribution >= 4 is 23.4 Å². The van der Waals surface area contributed by atoms with Gasteiger partial charge in [-0.1, -0.05) is 18.2 Å². The monoisotopic (exact) mass is 391 g/mol. The van der Waals surface area contributed by atoms with E-state index in [1.807, 2.05) is 0 Å². The number of aromatic nitrogens is 4. The Labute approximate surface area is 157 Å². The molecule has 146 valence electrons. The fraction of sp³-hybridized carbons (Fsp3) is 0.176. The highest BCUT2D eigenvalue weighted by Crippen LogP contribution is 2.33. The van der Waals surface area contributed by atoms with Crippen molar-refractivity contribution in [2.45, 2.75) is 13.1 Å². The minimum Gasteiger partial charge on any atom is -0.372 e. The van der Waals surface area contributed by atoms with Crippen LogP contribution in [0.1, 0.15) is 21.6 Å². The number of carbonyl (C=O) groups is 1.